The maximum absolute atomic E-state index is 10.9. The number of carbonyl (C=O) groups is 2. The van der Waals surface area contributed by atoms with Crippen LogP contribution in [-0.2, 0) is 9.59 Å². The Morgan fingerprint density at radius 1 is 1.07 bits per heavy atom. The lowest BCUT2D eigenvalue weighted by Gasteiger charge is -2.51. The van der Waals surface area contributed by atoms with Gasteiger partial charge in [-0.25, -0.2) is 0 Å². The van der Waals surface area contributed by atoms with Crippen LogP contribution in [0.5, 0.6) is 0 Å². The largest absolute Gasteiger partial charge is 0.480 e. The van der Waals surface area contributed by atoms with E-state index in [0.29, 0.717) is 0 Å². The molecule has 1 saturated carbocycles. The maximum Gasteiger partial charge on any atom is 0.321 e. The van der Waals surface area contributed by atoms with Gasteiger partial charge in [-0.1, -0.05) is 26.7 Å². The Balaban J connectivity index is 2.83. The first-order valence-corrected chi connectivity index (χ1v) is 4.89. The standard InChI is InChI=1S/C10H16O4/c1-3-9(4-2)5-10(6-9,7(11)12)8(13)14/h3-6H2,1-2H3,(H,11,12)(H,13,14). The van der Waals surface area contributed by atoms with Crippen LogP contribution in [0.4, 0.5) is 0 Å². The molecule has 0 radical (unpaired) electrons. The number of carboxylic acids is 2. The van der Waals surface area contributed by atoms with Gasteiger partial charge in [0.25, 0.3) is 0 Å². The third kappa shape index (κ3) is 1.29. The van der Waals surface area contributed by atoms with Crippen molar-refractivity contribution in [1.29, 1.82) is 0 Å². The van der Waals surface area contributed by atoms with Crippen molar-refractivity contribution in [3.05, 3.63) is 0 Å². The Morgan fingerprint density at radius 2 is 1.43 bits per heavy atom. The van der Waals surface area contributed by atoms with Crippen molar-refractivity contribution in [3.8, 4) is 0 Å². The Bertz CT molecular complexity index is 241. The van der Waals surface area contributed by atoms with Crippen molar-refractivity contribution in [2.45, 2.75) is 39.5 Å². The van der Waals surface area contributed by atoms with Crippen LogP contribution < -0.4 is 0 Å². The minimum atomic E-state index is -1.51. The summed E-state index contributed by atoms with van der Waals surface area (Å²) >= 11 is 0. The van der Waals surface area contributed by atoms with E-state index in [2.05, 4.69) is 0 Å². The summed E-state index contributed by atoms with van der Waals surface area (Å²) in [7, 11) is 0. The molecule has 1 aliphatic carbocycles. The van der Waals surface area contributed by atoms with Gasteiger partial charge >= 0.3 is 11.9 Å². The van der Waals surface area contributed by atoms with Crippen LogP contribution in [0.2, 0.25) is 0 Å². The predicted molar refractivity (Wildman–Crippen MR) is 50.0 cm³/mol. The molecule has 0 aliphatic heterocycles. The number of hydrogen-bond donors (Lipinski definition) is 2. The van der Waals surface area contributed by atoms with E-state index < -0.39 is 17.4 Å². The highest BCUT2D eigenvalue weighted by atomic mass is 16.4. The van der Waals surface area contributed by atoms with Crippen LogP contribution in [0.25, 0.3) is 0 Å². The predicted octanol–water partition coefficient (Wildman–Crippen LogP) is 1.74. The smallest absolute Gasteiger partial charge is 0.321 e. The lowest BCUT2D eigenvalue weighted by Crippen LogP contribution is -2.55. The van der Waals surface area contributed by atoms with E-state index in [1.807, 2.05) is 13.8 Å². The number of aliphatic carboxylic acids is 2. The molecule has 4 heteroatoms. The van der Waals surface area contributed by atoms with Crippen LogP contribution >= 0.6 is 0 Å². The first-order valence-electron chi connectivity index (χ1n) is 4.89. The van der Waals surface area contributed by atoms with E-state index in [1.54, 1.807) is 0 Å². The maximum atomic E-state index is 10.9. The van der Waals surface area contributed by atoms with Gasteiger partial charge in [-0.3, -0.25) is 9.59 Å². The van der Waals surface area contributed by atoms with Crippen LogP contribution in [0.15, 0.2) is 0 Å². The molecule has 80 valence electrons. The molecule has 0 heterocycles. The second kappa shape index (κ2) is 3.26. The van der Waals surface area contributed by atoms with E-state index in [1.165, 1.54) is 0 Å². The summed E-state index contributed by atoms with van der Waals surface area (Å²) in [5, 5.41) is 17.8. The molecule has 4 nitrogen and oxygen atoms in total. The molecule has 14 heavy (non-hydrogen) atoms. The average Bonchev–Trinajstić information content (AvgIpc) is 2.03. The summed E-state index contributed by atoms with van der Waals surface area (Å²) in [6.45, 7) is 3.97. The van der Waals surface area contributed by atoms with Gasteiger partial charge in [0, 0.05) is 0 Å². The third-order valence-electron chi connectivity index (χ3n) is 3.67. The second-order valence-electron chi connectivity index (χ2n) is 4.25. The molecule has 0 saturated heterocycles. The van der Waals surface area contributed by atoms with Crippen molar-refractivity contribution < 1.29 is 19.8 Å². The summed E-state index contributed by atoms with van der Waals surface area (Å²) in [4.78, 5) is 21.8. The molecule has 0 amide bonds. The number of carboxylic acid groups (broad SMARTS) is 2. The van der Waals surface area contributed by atoms with Crippen LogP contribution in [-0.4, -0.2) is 22.2 Å². The summed E-state index contributed by atoms with van der Waals surface area (Å²) in [6, 6.07) is 0. The van der Waals surface area contributed by atoms with Crippen molar-refractivity contribution in [2.75, 3.05) is 0 Å². The molecule has 2 N–H and O–H groups in total. The first kappa shape index (κ1) is 11.0. The number of hydrogen-bond acceptors (Lipinski definition) is 2. The summed E-state index contributed by atoms with van der Waals surface area (Å²) in [5.74, 6) is -2.38. The highest BCUT2D eigenvalue weighted by Gasteiger charge is 2.62. The van der Waals surface area contributed by atoms with Crippen molar-refractivity contribution in [2.24, 2.45) is 10.8 Å². The molecule has 0 bridgehead atoms. The molecule has 0 atom stereocenters. The molecule has 0 aromatic carbocycles. The van der Waals surface area contributed by atoms with E-state index in [4.69, 9.17) is 10.2 Å². The molecule has 1 rings (SSSR count). The Morgan fingerprint density at radius 3 is 1.64 bits per heavy atom. The quantitative estimate of drug-likeness (QED) is 0.678. The minimum absolute atomic E-state index is 0.0588. The van der Waals surface area contributed by atoms with Crippen LogP contribution in [0.3, 0.4) is 0 Å². The van der Waals surface area contributed by atoms with Gasteiger partial charge in [-0.2, -0.15) is 0 Å². The van der Waals surface area contributed by atoms with E-state index >= 15 is 0 Å². The fourth-order valence-electron chi connectivity index (χ4n) is 2.37. The van der Waals surface area contributed by atoms with Crippen molar-refractivity contribution >= 4 is 11.9 Å². The topological polar surface area (TPSA) is 74.6 Å². The van der Waals surface area contributed by atoms with Gasteiger partial charge in [-0.05, 0) is 18.3 Å². The first-order chi connectivity index (χ1) is 6.42. The molecule has 1 aliphatic rings. The molecule has 1 fully saturated rings. The fraction of sp³-hybridized carbons (Fsp3) is 0.800. The third-order valence-corrected chi connectivity index (χ3v) is 3.67. The van der Waals surface area contributed by atoms with E-state index in [0.717, 1.165) is 12.8 Å². The summed E-state index contributed by atoms with van der Waals surface area (Å²) < 4.78 is 0. The van der Waals surface area contributed by atoms with Gasteiger partial charge in [-0.15, -0.1) is 0 Å². The van der Waals surface area contributed by atoms with Gasteiger partial charge in [0.15, 0.2) is 5.41 Å². The second-order valence-corrected chi connectivity index (χ2v) is 4.25. The van der Waals surface area contributed by atoms with Gasteiger partial charge in [0.1, 0.15) is 0 Å². The summed E-state index contributed by atoms with van der Waals surface area (Å²) in [6.07, 6.45) is 2.26. The SMILES string of the molecule is CCC1(CC)CC(C(=O)O)(C(=O)O)C1. The van der Waals surface area contributed by atoms with Crippen molar-refractivity contribution in [3.63, 3.8) is 0 Å². The zero-order valence-corrected chi connectivity index (χ0v) is 8.54. The Kier molecular flexibility index (Phi) is 2.56. The Hall–Kier alpha value is -1.06. The fourth-order valence-corrected chi connectivity index (χ4v) is 2.37. The molecule has 0 unspecified atom stereocenters. The Labute approximate surface area is 82.9 Å². The molecular weight excluding hydrogens is 184 g/mol. The lowest BCUT2D eigenvalue weighted by molar-refractivity contribution is -0.184. The zero-order valence-electron chi connectivity index (χ0n) is 8.54. The van der Waals surface area contributed by atoms with E-state index in [-0.39, 0.29) is 18.3 Å². The minimum Gasteiger partial charge on any atom is -0.480 e. The average molecular weight is 200 g/mol. The molecular formula is C10H16O4. The highest BCUT2D eigenvalue weighted by Crippen LogP contribution is 2.58. The monoisotopic (exact) mass is 200 g/mol. The summed E-state index contributed by atoms with van der Waals surface area (Å²) in [5.41, 5.74) is -1.57. The normalized spacial score (nSPS) is 22.4. The molecule has 0 aromatic rings. The molecule has 0 spiro atoms. The van der Waals surface area contributed by atoms with Gasteiger partial charge in [0.05, 0.1) is 0 Å². The zero-order chi connectivity index (χ0) is 11.0. The van der Waals surface area contributed by atoms with E-state index in [9.17, 15) is 9.59 Å². The lowest BCUT2D eigenvalue weighted by atomic mass is 9.50. The van der Waals surface area contributed by atoms with Crippen molar-refractivity contribution in [1.82, 2.24) is 0 Å². The van der Waals surface area contributed by atoms with Crippen LogP contribution in [0.1, 0.15) is 39.5 Å². The molecule has 0 aromatic heterocycles. The highest BCUT2D eigenvalue weighted by molar-refractivity contribution is 5.99. The number of rotatable bonds is 4. The van der Waals surface area contributed by atoms with Crippen LogP contribution in [0, 0.1) is 10.8 Å². The van der Waals surface area contributed by atoms with Gasteiger partial charge in [0.2, 0.25) is 0 Å². The van der Waals surface area contributed by atoms with Gasteiger partial charge < -0.3 is 10.2 Å².